The van der Waals surface area contributed by atoms with Crippen LogP contribution in [0.1, 0.15) is 66.3 Å². The summed E-state index contributed by atoms with van der Waals surface area (Å²) in [6, 6.07) is 87.3. The van der Waals surface area contributed by atoms with Crippen LogP contribution in [0.25, 0.3) is 66.4 Å². The highest BCUT2D eigenvalue weighted by molar-refractivity contribution is 6.07. The molecule has 1 heteroatoms. The van der Waals surface area contributed by atoms with Crippen molar-refractivity contribution in [2.75, 3.05) is 4.90 Å². The molecule has 0 aromatic heterocycles. The third-order valence-electron chi connectivity index (χ3n) is 17.6. The molecule has 4 saturated carbocycles. The number of rotatable bonds is 7. The number of nitrogens with zero attached hydrogens (tertiary/aromatic N) is 1. The van der Waals surface area contributed by atoms with Gasteiger partial charge in [-0.05, 0) is 192 Å². The van der Waals surface area contributed by atoms with Gasteiger partial charge >= 0.3 is 0 Å². The van der Waals surface area contributed by atoms with Gasteiger partial charge in [0, 0.05) is 17.1 Å². The first-order valence-corrected chi connectivity index (χ1v) is 25.7. The minimum absolute atomic E-state index is 0.389. The van der Waals surface area contributed by atoms with Gasteiger partial charge in [0.15, 0.2) is 0 Å². The lowest BCUT2D eigenvalue weighted by Gasteiger charge is -2.57. The van der Waals surface area contributed by atoms with Crippen molar-refractivity contribution in [1.82, 2.24) is 0 Å². The fourth-order valence-electron chi connectivity index (χ4n) is 15.2. The van der Waals surface area contributed by atoms with E-state index in [9.17, 15) is 0 Å². The van der Waals surface area contributed by atoms with Crippen LogP contribution >= 0.6 is 0 Å². The highest BCUT2D eigenvalue weighted by atomic mass is 15.1. The van der Waals surface area contributed by atoms with E-state index in [2.05, 4.69) is 235 Å². The van der Waals surface area contributed by atoms with Gasteiger partial charge in [-0.15, -0.1) is 0 Å². The lowest BCUT2D eigenvalue weighted by Crippen LogP contribution is -2.48. The highest BCUT2D eigenvalue weighted by Gasteiger charge is 2.53. The van der Waals surface area contributed by atoms with Gasteiger partial charge in [0.05, 0.1) is 5.41 Å². The van der Waals surface area contributed by atoms with Crippen molar-refractivity contribution in [3.05, 3.63) is 258 Å². The Labute approximate surface area is 411 Å². The summed E-state index contributed by atoms with van der Waals surface area (Å²) in [4.78, 5) is 2.48. The normalized spacial score (nSPS) is 20.5. The molecule has 1 spiro atoms. The summed E-state index contributed by atoms with van der Waals surface area (Å²) in [6.07, 6.45) is 8.63. The molecule has 0 aliphatic heterocycles. The van der Waals surface area contributed by atoms with Crippen molar-refractivity contribution >= 4 is 27.8 Å². The third kappa shape index (κ3) is 5.91. The van der Waals surface area contributed by atoms with Crippen LogP contribution in [0.15, 0.2) is 231 Å². The Morgan fingerprint density at radius 1 is 0.314 bits per heavy atom. The van der Waals surface area contributed by atoms with Gasteiger partial charge in [0.2, 0.25) is 0 Å². The second kappa shape index (κ2) is 15.4. The Balaban J connectivity index is 0.874. The van der Waals surface area contributed by atoms with Crippen LogP contribution in [0.4, 0.5) is 17.1 Å². The Kier molecular flexibility index (Phi) is 8.83. The molecule has 16 rings (SSSR count). The van der Waals surface area contributed by atoms with Gasteiger partial charge in [-0.3, -0.25) is 0 Å². The molecule has 6 aliphatic rings. The molecule has 0 unspecified atom stereocenters. The van der Waals surface area contributed by atoms with E-state index in [4.69, 9.17) is 0 Å². The zero-order valence-electron chi connectivity index (χ0n) is 39.4. The van der Waals surface area contributed by atoms with Crippen LogP contribution in [-0.4, -0.2) is 0 Å². The molecule has 0 radical (unpaired) electrons. The summed E-state index contributed by atoms with van der Waals surface area (Å²) < 4.78 is 0. The number of benzene rings is 10. The largest absolute Gasteiger partial charge is 0.310 e. The predicted molar refractivity (Wildman–Crippen MR) is 291 cm³/mol. The van der Waals surface area contributed by atoms with Crippen LogP contribution < -0.4 is 4.90 Å². The van der Waals surface area contributed by atoms with Crippen molar-refractivity contribution in [1.29, 1.82) is 0 Å². The molecule has 0 heterocycles. The molecule has 4 fully saturated rings. The first-order valence-electron chi connectivity index (χ1n) is 25.7. The van der Waals surface area contributed by atoms with Crippen LogP contribution in [0, 0.1) is 17.8 Å². The van der Waals surface area contributed by atoms with E-state index < -0.39 is 0 Å². The van der Waals surface area contributed by atoms with Gasteiger partial charge in [-0.1, -0.05) is 194 Å². The van der Waals surface area contributed by atoms with Crippen molar-refractivity contribution in [3.63, 3.8) is 0 Å². The summed E-state index contributed by atoms with van der Waals surface area (Å²) in [5, 5.41) is 2.51. The molecule has 0 atom stereocenters. The van der Waals surface area contributed by atoms with Crippen LogP contribution in [-0.2, 0) is 10.8 Å². The quantitative estimate of drug-likeness (QED) is 0.154. The van der Waals surface area contributed by atoms with Gasteiger partial charge < -0.3 is 4.90 Å². The first-order chi connectivity index (χ1) is 34.6. The van der Waals surface area contributed by atoms with E-state index in [-0.39, 0.29) is 5.41 Å². The zero-order chi connectivity index (χ0) is 46.0. The summed E-state index contributed by atoms with van der Waals surface area (Å²) >= 11 is 0. The molecular weight excluding hydrogens is 843 g/mol. The maximum absolute atomic E-state index is 2.49. The van der Waals surface area contributed by atoms with E-state index >= 15 is 0 Å². The minimum Gasteiger partial charge on any atom is -0.310 e. The van der Waals surface area contributed by atoms with Crippen molar-refractivity contribution in [2.24, 2.45) is 17.8 Å². The summed E-state index contributed by atoms with van der Waals surface area (Å²) in [6.45, 7) is 0. The standard InChI is InChI=1S/C69H53N/c1-2-13-50(14-3-1)57-22-11-15-51-16-12-23-58(67(51)57)52-17-10-18-55(40-52)70(54-33-29-49(30-34-54)48-27-31-53(32-28-48)68-42-45-37-46(43-68)39-47(38-45)44-68)56-35-36-66-62(41-56)61-21-6-9-26-65(61)69(66)63-24-7-4-19-59(63)60-20-5-8-25-64(60)69/h1-36,40-41,45-47H,37-39,42-44H2. The predicted octanol–water partition coefficient (Wildman–Crippen LogP) is 18.1. The summed E-state index contributed by atoms with van der Waals surface area (Å²) in [7, 11) is 0. The third-order valence-corrected chi connectivity index (χ3v) is 17.6. The number of hydrogen-bond donors (Lipinski definition) is 0. The molecular formula is C69H53N. The first kappa shape index (κ1) is 40.2. The van der Waals surface area contributed by atoms with E-state index in [1.54, 1.807) is 5.56 Å². The molecule has 334 valence electrons. The molecule has 0 saturated heterocycles. The average molecular weight is 896 g/mol. The monoisotopic (exact) mass is 895 g/mol. The second-order valence-corrected chi connectivity index (χ2v) is 21.4. The molecule has 6 aliphatic carbocycles. The van der Waals surface area contributed by atoms with Gasteiger partial charge in [0.25, 0.3) is 0 Å². The van der Waals surface area contributed by atoms with Crippen LogP contribution in [0.2, 0.25) is 0 Å². The van der Waals surface area contributed by atoms with Crippen molar-refractivity contribution in [2.45, 2.75) is 49.4 Å². The molecule has 70 heavy (non-hydrogen) atoms. The summed E-state index contributed by atoms with van der Waals surface area (Å²) in [5.41, 5.74) is 23.1. The van der Waals surface area contributed by atoms with E-state index in [1.807, 2.05) is 0 Å². The Bertz CT molecular complexity index is 3600. The lowest BCUT2D eigenvalue weighted by molar-refractivity contribution is -0.00518. The Morgan fingerprint density at radius 2 is 0.771 bits per heavy atom. The maximum atomic E-state index is 2.49. The average Bonchev–Trinajstić information content (AvgIpc) is 3.89. The Morgan fingerprint density at radius 3 is 1.39 bits per heavy atom. The van der Waals surface area contributed by atoms with Gasteiger partial charge in [-0.2, -0.15) is 0 Å². The minimum atomic E-state index is -0.389. The second-order valence-electron chi connectivity index (χ2n) is 21.4. The highest BCUT2D eigenvalue weighted by Crippen LogP contribution is 2.64. The molecule has 0 amide bonds. The zero-order valence-corrected chi connectivity index (χ0v) is 39.4. The molecule has 4 bridgehead atoms. The summed E-state index contributed by atoms with van der Waals surface area (Å²) in [5.74, 6) is 2.83. The SMILES string of the molecule is c1ccc(-c2cccc3cccc(-c4cccc(N(c5ccc(-c6ccc(C78CC9CC(CC(C9)C7)C8)cc6)cc5)c5ccc6c(c5)-c5ccccc5C65c6ccccc6-c6ccccc65)c4)c23)cc1. The maximum Gasteiger partial charge on any atom is 0.0725 e. The van der Waals surface area contributed by atoms with E-state index in [0.29, 0.717) is 5.41 Å². The molecule has 10 aromatic rings. The smallest absolute Gasteiger partial charge is 0.0725 e. The van der Waals surface area contributed by atoms with Gasteiger partial charge in [0.1, 0.15) is 0 Å². The molecule has 0 N–H and O–H groups in total. The van der Waals surface area contributed by atoms with E-state index in [0.717, 1.165) is 34.8 Å². The number of hydrogen-bond acceptors (Lipinski definition) is 1. The topological polar surface area (TPSA) is 3.24 Å². The number of fused-ring (bicyclic) bond motifs is 11. The molecule has 10 aromatic carbocycles. The lowest BCUT2D eigenvalue weighted by atomic mass is 9.48. The molecule has 1 nitrogen and oxygen atoms in total. The fourth-order valence-corrected chi connectivity index (χ4v) is 15.2. The Hall–Kier alpha value is -7.74. The number of anilines is 3. The van der Waals surface area contributed by atoms with Crippen molar-refractivity contribution in [3.8, 4) is 55.6 Å². The van der Waals surface area contributed by atoms with Gasteiger partial charge in [-0.25, -0.2) is 0 Å². The van der Waals surface area contributed by atoms with E-state index in [1.165, 1.54) is 127 Å². The fraction of sp³-hybridized carbons (Fsp3) is 0.159. The van der Waals surface area contributed by atoms with Crippen LogP contribution in [0.3, 0.4) is 0 Å². The van der Waals surface area contributed by atoms with Crippen LogP contribution in [0.5, 0.6) is 0 Å². The van der Waals surface area contributed by atoms with Crippen molar-refractivity contribution < 1.29 is 0 Å².